The molecule has 1 N–H and O–H groups in total. The van der Waals surface area contributed by atoms with E-state index >= 15 is 0 Å². The molecular formula is C10H17N5O. The monoisotopic (exact) mass is 223 g/mol. The van der Waals surface area contributed by atoms with Gasteiger partial charge in [0.2, 0.25) is 5.91 Å². The topological polar surface area (TPSA) is 63.1 Å². The summed E-state index contributed by atoms with van der Waals surface area (Å²) in [7, 11) is 0. The van der Waals surface area contributed by atoms with Crippen LogP contribution in [-0.4, -0.2) is 45.4 Å². The van der Waals surface area contributed by atoms with Crippen LogP contribution in [0.25, 0.3) is 0 Å². The van der Waals surface area contributed by atoms with Crippen LogP contribution in [0.3, 0.4) is 0 Å². The van der Waals surface area contributed by atoms with Gasteiger partial charge < -0.3 is 10.2 Å². The Balaban J connectivity index is 1.84. The molecule has 1 aromatic heterocycles. The molecule has 0 radical (unpaired) electrons. The van der Waals surface area contributed by atoms with Gasteiger partial charge in [0.1, 0.15) is 6.54 Å². The highest BCUT2D eigenvalue weighted by Gasteiger charge is 2.20. The normalized spacial score (nSPS) is 14.9. The second kappa shape index (κ2) is 5.07. The van der Waals surface area contributed by atoms with Gasteiger partial charge in [-0.3, -0.25) is 4.79 Å². The van der Waals surface area contributed by atoms with E-state index < -0.39 is 0 Å². The number of amides is 1. The molecule has 0 atom stereocenters. The van der Waals surface area contributed by atoms with Crippen LogP contribution in [0.2, 0.25) is 0 Å². The number of carbonyl (C=O) groups excluding carboxylic acids is 1. The summed E-state index contributed by atoms with van der Waals surface area (Å²) < 4.78 is 1.60. The minimum absolute atomic E-state index is 0.131. The number of aromatic nitrogens is 3. The molecule has 0 saturated carbocycles. The van der Waals surface area contributed by atoms with Gasteiger partial charge in [-0.1, -0.05) is 12.1 Å². The largest absolute Gasteiger partial charge is 0.341 e. The van der Waals surface area contributed by atoms with E-state index in [-0.39, 0.29) is 5.91 Å². The summed E-state index contributed by atoms with van der Waals surface area (Å²) in [5.41, 5.74) is 0.873. The van der Waals surface area contributed by atoms with Crippen LogP contribution in [0, 0.1) is 0 Å². The average Bonchev–Trinajstić information content (AvgIpc) is 2.59. The quantitative estimate of drug-likeness (QED) is 0.739. The molecule has 0 aliphatic carbocycles. The van der Waals surface area contributed by atoms with Crippen LogP contribution in [0.4, 0.5) is 0 Å². The summed E-state index contributed by atoms with van der Waals surface area (Å²) in [6, 6.07) is 0. The number of nitrogens with one attached hydrogen (secondary N) is 1. The summed E-state index contributed by atoms with van der Waals surface area (Å²) in [5, 5.41) is 11.1. The molecule has 2 rings (SSSR count). The van der Waals surface area contributed by atoms with Crippen LogP contribution >= 0.6 is 0 Å². The molecule has 1 aromatic rings. The van der Waals surface area contributed by atoms with E-state index in [9.17, 15) is 4.79 Å². The highest BCUT2D eigenvalue weighted by Crippen LogP contribution is 2.06. The molecular weight excluding hydrogens is 206 g/mol. The van der Waals surface area contributed by atoms with Crippen LogP contribution in [-0.2, 0) is 17.9 Å². The van der Waals surface area contributed by atoms with Crippen LogP contribution < -0.4 is 5.32 Å². The molecule has 2 heterocycles. The molecule has 0 bridgehead atoms. The molecule has 16 heavy (non-hydrogen) atoms. The van der Waals surface area contributed by atoms with Crippen molar-refractivity contribution in [2.75, 3.05) is 19.6 Å². The van der Waals surface area contributed by atoms with E-state index in [1.807, 2.05) is 18.0 Å². The second-order valence-electron chi connectivity index (χ2n) is 3.92. The summed E-state index contributed by atoms with van der Waals surface area (Å²) in [5.74, 6) is 0.131. The highest BCUT2D eigenvalue weighted by molar-refractivity contribution is 5.76. The first-order valence-corrected chi connectivity index (χ1v) is 5.67. The third-order valence-corrected chi connectivity index (χ3v) is 2.65. The number of likely N-dealkylation sites (tertiary alicyclic amines) is 1. The first-order valence-electron chi connectivity index (χ1n) is 5.67. The van der Waals surface area contributed by atoms with Gasteiger partial charge in [0, 0.05) is 19.6 Å². The van der Waals surface area contributed by atoms with E-state index in [0.717, 1.165) is 31.7 Å². The van der Waals surface area contributed by atoms with E-state index in [1.165, 1.54) is 0 Å². The third-order valence-electron chi connectivity index (χ3n) is 2.65. The van der Waals surface area contributed by atoms with Crippen molar-refractivity contribution in [3.63, 3.8) is 0 Å². The molecule has 1 amide bonds. The Morgan fingerprint density at radius 3 is 3.00 bits per heavy atom. The number of rotatable bonds is 5. The fourth-order valence-corrected chi connectivity index (χ4v) is 1.55. The summed E-state index contributed by atoms with van der Waals surface area (Å²) in [4.78, 5) is 13.5. The Labute approximate surface area is 94.6 Å². The van der Waals surface area contributed by atoms with Gasteiger partial charge in [0.15, 0.2) is 0 Å². The van der Waals surface area contributed by atoms with Crippen molar-refractivity contribution in [3.05, 3.63) is 11.9 Å². The van der Waals surface area contributed by atoms with E-state index in [2.05, 4.69) is 15.6 Å². The van der Waals surface area contributed by atoms with Gasteiger partial charge in [-0.2, -0.15) is 0 Å². The predicted octanol–water partition coefficient (Wildman–Crippen LogP) is -0.380. The molecule has 1 aliphatic heterocycles. The van der Waals surface area contributed by atoms with Crippen molar-refractivity contribution in [2.24, 2.45) is 0 Å². The standard InChI is InChI=1S/C10H17N5O/c1-2-11-6-9-7-15(13-12-9)8-10(16)14-4-3-5-14/h7,11H,2-6,8H2,1H3. The van der Waals surface area contributed by atoms with Crippen LogP contribution in [0.15, 0.2) is 6.20 Å². The molecule has 1 saturated heterocycles. The Bertz CT molecular complexity index is 358. The maximum atomic E-state index is 11.6. The fraction of sp³-hybridized carbons (Fsp3) is 0.700. The van der Waals surface area contributed by atoms with E-state index in [4.69, 9.17) is 0 Å². The Morgan fingerprint density at radius 1 is 1.56 bits per heavy atom. The third kappa shape index (κ3) is 2.57. The molecule has 0 aromatic carbocycles. The van der Waals surface area contributed by atoms with Gasteiger partial charge in [0.25, 0.3) is 0 Å². The zero-order chi connectivity index (χ0) is 11.4. The molecule has 0 unspecified atom stereocenters. The van der Waals surface area contributed by atoms with Gasteiger partial charge in [-0.25, -0.2) is 4.68 Å². The number of nitrogens with zero attached hydrogens (tertiary/aromatic N) is 4. The maximum absolute atomic E-state index is 11.6. The Morgan fingerprint density at radius 2 is 2.38 bits per heavy atom. The zero-order valence-corrected chi connectivity index (χ0v) is 9.52. The summed E-state index contributed by atoms with van der Waals surface area (Å²) in [6.45, 7) is 5.72. The minimum Gasteiger partial charge on any atom is -0.341 e. The van der Waals surface area contributed by atoms with Crippen LogP contribution in [0.1, 0.15) is 19.0 Å². The minimum atomic E-state index is 0.131. The van der Waals surface area contributed by atoms with Gasteiger partial charge in [0.05, 0.1) is 11.9 Å². The van der Waals surface area contributed by atoms with Crippen molar-refractivity contribution in [2.45, 2.75) is 26.4 Å². The lowest BCUT2D eigenvalue weighted by Gasteiger charge is -2.30. The summed E-state index contributed by atoms with van der Waals surface area (Å²) in [6.07, 6.45) is 2.94. The van der Waals surface area contributed by atoms with Crippen molar-refractivity contribution < 1.29 is 4.79 Å². The first-order chi connectivity index (χ1) is 7.79. The van der Waals surface area contributed by atoms with E-state index in [1.54, 1.807) is 4.68 Å². The smallest absolute Gasteiger partial charge is 0.244 e. The SMILES string of the molecule is CCNCc1cn(CC(=O)N2CCC2)nn1. The lowest BCUT2D eigenvalue weighted by atomic mass is 10.2. The molecule has 1 aliphatic rings. The Kier molecular flexibility index (Phi) is 3.51. The van der Waals surface area contributed by atoms with Crippen molar-refractivity contribution >= 4 is 5.91 Å². The molecule has 6 nitrogen and oxygen atoms in total. The number of hydrogen-bond acceptors (Lipinski definition) is 4. The van der Waals surface area contributed by atoms with Gasteiger partial charge >= 0.3 is 0 Å². The van der Waals surface area contributed by atoms with Gasteiger partial charge in [-0.15, -0.1) is 5.10 Å². The lowest BCUT2D eigenvalue weighted by molar-refractivity contribution is -0.135. The van der Waals surface area contributed by atoms with Gasteiger partial charge in [-0.05, 0) is 13.0 Å². The number of carbonyl (C=O) groups is 1. The molecule has 1 fully saturated rings. The second-order valence-corrected chi connectivity index (χ2v) is 3.92. The van der Waals surface area contributed by atoms with Crippen molar-refractivity contribution in [3.8, 4) is 0 Å². The van der Waals surface area contributed by atoms with Crippen molar-refractivity contribution in [1.29, 1.82) is 0 Å². The first kappa shape index (κ1) is 11.1. The predicted molar refractivity (Wildman–Crippen MR) is 58.6 cm³/mol. The molecule has 6 heteroatoms. The summed E-state index contributed by atoms with van der Waals surface area (Å²) >= 11 is 0. The fourth-order valence-electron chi connectivity index (χ4n) is 1.55. The Hall–Kier alpha value is -1.43. The average molecular weight is 223 g/mol. The highest BCUT2D eigenvalue weighted by atomic mass is 16.2. The van der Waals surface area contributed by atoms with Crippen molar-refractivity contribution in [1.82, 2.24) is 25.2 Å². The zero-order valence-electron chi connectivity index (χ0n) is 9.52. The van der Waals surface area contributed by atoms with Crippen LogP contribution in [0.5, 0.6) is 0 Å². The lowest BCUT2D eigenvalue weighted by Crippen LogP contribution is -2.43. The van der Waals surface area contributed by atoms with E-state index in [0.29, 0.717) is 13.1 Å². The molecule has 88 valence electrons. The maximum Gasteiger partial charge on any atom is 0.244 e. The number of hydrogen-bond donors (Lipinski definition) is 1. The molecule has 0 spiro atoms.